The number of nitrogens with zero attached hydrogens (tertiary/aromatic N) is 2. The van der Waals surface area contributed by atoms with Crippen molar-refractivity contribution in [1.82, 2.24) is 9.80 Å². The Morgan fingerprint density at radius 2 is 1.14 bits per heavy atom. The van der Waals surface area contributed by atoms with E-state index in [1.807, 2.05) is 58.3 Å². The second-order valence-corrected chi connectivity index (χ2v) is 13.9. The Morgan fingerprint density at radius 3 is 1.57 bits per heavy atom. The number of carbonyl (C=O) groups excluding carboxylic acids is 4. The number of hydrogen-bond donors (Lipinski definition) is 0. The number of rotatable bonds is 5. The zero-order valence-electron chi connectivity index (χ0n) is 26.9. The first-order chi connectivity index (χ1) is 19.6. The van der Waals surface area contributed by atoms with Crippen molar-refractivity contribution in [2.24, 2.45) is 5.92 Å². The molecule has 4 rings (SSSR count). The van der Waals surface area contributed by atoms with Gasteiger partial charge in [0.15, 0.2) is 0 Å². The minimum atomic E-state index is -0.475. The van der Waals surface area contributed by atoms with Crippen LogP contribution in [0.15, 0.2) is 11.6 Å². The second-order valence-electron chi connectivity index (χ2n) is 13.9. The number of carbonyl (C=O) groups is 4. The number of hydrogen-bond acceptors (Lipinski definition) is 8. The van der Waals surface area contributed by atoms with Crippen LogP contribution in [0.1, 0.15) is 113 Å². The first-order valence-electron chi connectivity index (χ1n) is 15.6. The molecule has 0 saturated carbocycles. The summed E-state index contributed by atoms with van der Waals surface area (Å²) in [6.07, 6.45) is 8.88. The summed E-state index contributed by atoms with van der Waals surface area (Å²) in [7, 11) is 0. The van der Waals surface area contributed by atoms with Crippen molar-refractivity contribution in [2.75, 3.05) is 13.2 Å². The van der Waals surface area contributed by atoms with Crippen LogP contribution in [0.25, 0.3) is 0 Å². The summed E-state index contributed by atoms with van der Waals surface area (Å²) < 4.78 is 21.0. The maximum absolute atomic E-state index is 12.3. The largest absolute Gasteiger partial charge is 0.466 e. The minimum absolute atomic E-state index is 0.118. The molecule has 4 unspecified atom stereocenters. The van der Waals surface area contributed by atoms with Gasteiger partial charge >= 0.3 is 24.1 Å². The predicted molar refractivity (Wildman–Crippen MR) is 158 cm³/mol. The lowest BCUT2D eigenvalue weighted by Gasteiger charge is -2.39. The van der Waals surface area contributed by atoms with Crippen LogP contribution in [0, 0.1) is 5.92 Å². The van der Waals surface area contributed by atoms with Gasteiger partial charge in [-0.25, -0.2) is 14.4 Å². The predicted octanol–water partition coefficient (Wildman–Crippen LogP) is 6.16. The molecule has 0 spiro atoms. The van der Waals surface area contributed by atoms with Gasteiger partial charge in [0.05, 0.1) is 13.2 Å². The van der Waals surface area contributed by atoms with Gasteiger partial charge in [-0.3, -0.25) is 4.79 Å². The normalized spacial score (nSPS) is 26.6. The van der Waals surface area contributed by atoms with E-state index in [-0.39, 0.29) is 48.3 Å². The lowest BCUT2D eigenvalue weighted by Crippen LogP contribution is -2.48. The molecule has 0 N–H and O–H groups in total. The fourth-order valence-electron chi connectivity index (χ4n) is 6.66. The highest BCUT2D eigenvalue weighted by atomic mass is 16.6. The molecule has 238 valence electrons. The molecule has 10 heteroatoms. The van der Waals surface area contributed by atoms with Crippen LogP contribution >= 0.6 is 0 Å². The average molecular weight is 593 g/mol. The molecule has 0 aromatic rings. The molecule has 42 heavy (non-hydrogen) atoms. The number of piperidine rings is 2. The van der Waals surface area contributed by atoms with E-state index in [0.717, 1.165) is 56.9 Å². The van der Waals surface area contributed by atoms with Crippen LogP contribution in [0.4, 0.5) is 9.59 Å². The van der Waals surface area contributed by atoms with Crippen LogP contribution in [-0.4, -0.2) is 82.5 Å². The Bertz CT molecular complexity index is 981. The van der Waals surface area contributed by atoms with Crippen molar-refractivity contribution in [1.29, 1.82) is 0 Å². The van der Waals surface area contributed by atoms with E-state index in [1.54, 1.807) is 13.0 Å². The molecule has 4 heterocycles. The van der Waals surface area contributed by atoms with Gasteiger partial charge < -0.3 is 28.7 Å². The van der Waals surface area contributed by atoms with E-state index in [2.05, 4.69) is 0 Å². The summed E-state index contributed by atoms with van der Waals surface area (Å²) in [5.74, 6) is -0.0644. The summed E-state index contributed by atoms with van der Waals surface area (Å²) in [5, 5.41) is 0. The van der Waals surface area contributed by atoms with Crippen molar-refractivity contribution in [3.05, 3.63) is 11.6 Å². The van der Waals surface area contributed by atoms with Crippen molar-refractivity contribution in [3.8, 4) is 0 Å². The molecule has 4 fully saturated rings. The fraction of sp³-hybridized carbons (Fsp3) is 0.812. The van der Waals surface area contributed by atoms with Crippen LogP contribution in [0.5, 0.6) is 0 Å². The molecule has 0 aromatic carbocycles. The van der Waals surface area contributed by atoms with Crippen molar-refractivity contribution in [2.45, 2.75) is 149 Å². The molecule has 0 aromatic heterocycles. The Hall–Kier alpha value is -2.78. The van der Waals surface area contributed by atoms with E-state index in [0.29, 0.717) is 25.6 Å². The van der Waals surface area contributed by atoms with E-state index in [1.165, 1.54) is 0 Å². The van der Waals surface area contributed by atoms with Gasteiger partial charge in [0.1, 0.15) is 11.2 Å². The molecule has 4 aliphatic heterocycles. The highest BCUT2D eigenvalue weighted by molar-refractivity contribution is 5.83. The molecule has 4 atom stereocenters. The van der Waals surface area contributed by atoms with Crippen molar-refractivity contribution < 1.29 is 38.1 Å². The third-order valence-electron chi connectivity index (χ3n) is 8.02. The number of ether oxygens (including phenoxy) is 4. The Morgan fingerprint density at radius 1 is 0.714 bits per heavy atom. The maximum atomic E-state index is 12.3. The van der Waals surface area contributed by atoms with Gasteiger partial charge in [-0.15, -0.1) is 0 Å². The highest BCUT2D eigenvalue weighted by Gasteiger charge is 2.45. The lowest BCUT2D eigenvalue weighted by atomic mass is 9.88. The molecule has 4 saturated heterocycles. The van der Waals surface area contributed by atoms with Gasteiger partial charge in [0, 0.05) is 36.7 Å². The number of amides is 2. The summed E-state index contributed by atoms with van der Waals surface area (Å²) in [5.41, 5.74) is 0.149. The van der Waals surface area contributed by atoms with Gasteiger partial charge in [0.2, 0.25) is 0 Å². The first kappa shape index (κ1) is 33.7. The van der Waals surface area contributed by atoms with Gasteiger partial charge in [-0.1, -0.05) is 5.57 Å². The monoisotopic (exact) mass is 592 g/mol. The third-order valence-corrected chi connectivity index (χ3v) is 8.02. The Kier molecular flexibility index (Phi) is 11.3. The average Bonchev–Trinajstić information content (AvgIpc) is 3.27. The molecule has 4 aliphatic rings. The van der Waals surface area contributed by atoms with E-state index in [4.69, 9.17) is 18.9 Å². The highest BCUT2D eigenvalue weighted by Crippen LogP contribution is 2.41. The summed E-state index contributed by atoms with van der Waals surface area (Å²) in [4.78, 5) is 51.6. The van der Waals surface area contributed by atoms with Gasteiger partial charge in [-0.2, -0.15) is 0 Å². The number of esters is 2. The fourth-order valence-corrected chi connectivity index (χ4v) is 6.66. The lowest BCUT2D eigenvalue weighted by molar-refractivity contribution is -0.144. The van der Waals surface area contributed by atoms with Crippen molar-refractivity contribution in [3.63, 3.8) is 0 Å². The molecular weight excluding hydrogens is 540 g/mol. The molecule has 4 bridgehead atoms. The van der Waals surface area contributed by atoms with E-state index in [9.17, 15) is 19.2 Å². The zero-order valence-corrected chi connectivity index (χ0v) is 26.9. The summed E-state index contributed by atoms with van der Waals surface area (Å²) in [6, 6.07) is 0.745. The number of fused-ring (bicyclic) bond motifs is 4. The van der Waals surface area contributed by atoms with Crippen LogP contribution in [0.2, 0.25) is 0 Å². The topological polar surface area (TPSA) is 112 Å². The maximum Gasteiger partial charge on any atom is 0.410 e. The van der Waals surface area contributed by atoms with Gasteiger partial charge in [-0.05, 0) is 113 Å². The molecule has 0 aliphatic carbocycles. The smallest absolute Gasteiger partial charge is 0.410 e. The van der Waals surface area contributed by atoms with Crippen LogP contribution in [0.3, 0.4) is 0 Å². The van der Waals surface area contributed by atoms with Crippen LogP contribution < -0.4 is 0 Å². The standard InChI is InChI=1S/C16H27NO4.C16H25NO4/c2*1-5-20-14(18)10-11-8-12-6-7-13(9-11)17(12)15(19)21-16(2,3)4/h11-13H,5-10H2,1-4H3;10,12-13H,5-9H2,1-4H3. The summed E-state index contributed by atoms with van der Waals surface area (Å²) in [6.45, 7) is 15.7. The van der Waals surface area contributed by atoms with Gasteiger partial charge in [0.25, 0.3) is 0 Å². The Labute approximate surface area is 251 Å². The molecule has 0 radical (unpaired) electrons. The van der Waals surface area contributed by atoms with Crippen LogP contribution in [-0.2, 0) is 28.5 Å². The van der Waals surface area contributed by atoms with E-state index < -0.39 is 11.2 Å². The quantitative estimate of drug-likeness (QED) is 0.212. The minimum Gasteiger partial charge on any atom is -0.466 e. The van der Waals surface area contributed by atoms with E-state index >= 15 is 0 Å². The first-order valence-corrected chi connectivity index (χ1v) is 15.6. The SMILES string of the molecule is CCOC(=O)C=C1CC2CCC(C1)N2C(=O)OC(C)(C)C.CCOC(=O)CC1CC2CCC(C1)N2C(=O)OC(C)(C)C. The third kappa shape index (κ3) is 9.63. The molecular formula is C32H52N2O8. The molecule has 2 amide bonds. The molecule has 10 nitrogen and oxygen atoms in total. The summed E-state index contributed by atoms with van der Waals surface area (Å²) >= 11 is 0. The second kappa shape index (κ2) is 14.1. The Balaban J connectivity index is 0.000000230. The van der Waals surface area contributed by atoms with Crippen molar-refractivity contribution >= 4 is 24.1 Å². The zero-order chi connectivity index (χ0) is 31.2.